The topological polar surface area (TPSA) is 20.3 Å². The van der Waals surface area contributed by atoms with Gasteiger partial charge in [0.1, 0.15) is 0 Å². The van der Waals surface area contributed by atoms with Gasteiger partial charge in [0.15, 0.2) is 5.78 Å². The normalized spacial score (nSPS) is 17.8. The van der Waals surface area contributed by atoms with E-state index in [0.717, 1.165) is 29.2 Å². The van der Waals surface area contributed by atoms with Crippen LogP contribution in [-0.4, -0.2) is 24.3 Å². The Morgan fingerprint density at radius 3 is 2.57 bits per heavy atom. The molecule has 0 saturated carbocycles. The Bertz CT molecular complexity index is 740. The van der Waals surface area contributed by atoms with Crippen molar-refractivity contribution in [3.05, 3.63) is 68.7 Å². The van der Waals surface area contributed by atoms with Crippen molar-refractivity contribution in [3.63, 3.8) is 0 Å². The van der Waals surface area contributed by atoms with E-state index in [4.69, 9.17) is 23.2 Å². The Morgan fingerprint density at radius 2 is 1.91 bits per heavy atom. The van der Waals surface area contributed by atoms with E-state index in [2.05, 4.69) is 11.9 Å². The summed E-state index contributed by atoms with van der Waals surface area (Å²) in [5.41, 5.74) is 4.28. The van der Waals surface area contributed by atoms with Gasteiger partial charge >= 0.3 is 0 Å². The molecule has 4 heteroatoms. The lowest BCUT2D eigenvalue weighted by atomic mass is 9.84. The molecule has 3 rings (SSSR count). The lowest BCUT2D eigenvalue weighted by Crippen LogP contribution is -2.31. The van der Waals surface area contributed by atoms with Crippen LogP contribution in [0.25, 0.3) is 0 Å². The van der Waals surface area contributed by atoms with Gasteiger partial charge in [0.25, 0.3) is 0 Å². The molecule has 1 heterocycles. The second kappa shape index (κ2) is 6.64. The highest BCUT2D eigenvalue weighted by molar-refractivity contribution is 6.35. The number of benzene rings is 2. The highest BCUT2D eigenvalue weighted by atomic mass is 35.5. The summed E-state index contributed by atoms with van der Waals surface area (Å²) >= 11 is 12.6. The van der Waals surface area contributed by atoms with Crippen molar-refractivity contribution in [2.45, 2.75) is 25.8 Å². The Balaban J connectivity index is 2.02. The minimum atomic E-state index is 0.170. The molecule has 1 atom stereocenters. The first-order valence-electron chi connectivity index (χ1n) is 7.79. The van der Waals surface area contributed by atoms with Crippen LogP contribution in [0.4, 0.5) is 0 Å². The molecule has 0 fully saturated rings. The van der Waals surface area contributed by atoms with Crippen LogP contribution in [0, 0.1) is 0 Å². The van der Waals surface area contributed by atoms with Crippen molar-refractivity contribution in [2.75, 3.05) is 13.6 Å². The number of carbonyl (C=O) groups is 1. The maximum atomic E-state index is 11.8. The van der Waals surface area contributed by atoms with Gasteiger partial charge in [0.2, 0.25) is 0 Å². The number of hydrogen-bond donors (Lipinski definition) is 0. The smallest absolute Gasteiger partial charge is 0.162 e. The van der Waals surface area contributed by atoms with Crippen molar-refractivity contribution in [1.29, 1.82) is 0 Å². The number of ketones is 1. The van der Waals surface area contributed by atoms with E-state index in [0.29, 0.717) is 11.4 Å². The molecule has 2 nitrogen and oxygen atoms in total. The third-order valence-electron chi connectivity index (χ3n) is 4.45. The van der Waals surface area contributed by atoms with E-state index in [1.165, 1.54) is 11.1 Å². The van der Waals surface area contributed by atoms with E-state index < -0.39 is 0 Å². The Labute approximate surface area is 147 Å². The fourth-order valence-corrected chi connectivity index (χ4v) is 3.80. The molecule has 2 aromatic carbocycles. The average molecular weight is 348 g/mol. The molecule has 1 unspecified atom stereocenters. The van der Waals surface area contributed by atoms with Gasteiger partial charge in [-0.15, -0.1) is 0 Å². The van der Waals surface area contributed by atoms with Crippen LogP contribution < -0.4 is 0 Å². The fraction of sp³-hybridized carbons (Fsp3) is 0.316. The molecule has 23 heavy (non-hydrogen) atoms. The van der Waals surface area contributed by atoms with Crippen molar-refractivity contribution in [3.8, 4) is 0 Å². The van der Waals surface area contributed by atoms with E-state index in [1.807, 2.05) is 37.3 Å². The van der Waals surface area contributed by atoms with Crippen molar-refractivity contribution in [2.24, 2.45) is 0 Å². The number of nitrogens with zero attached hydrogens (tertiary/aromatic N) is 1. The van der Waals surface area contributed by atoms with Crippen LogP contribution in [0.2, 0.25) is 10.0 Å². The number of halogens is 2. The van der Waals surface area contributed by atoms with Crippen LogP contribution in [0.1, 0.15) is 46.3 Å². The summed E-state index contributed by atoms with van der Waals surface area (Å²) in [5.74, 6) is 0.384. The minimum Gasteiger partial charge on any atom is -0.301 e. The van der Waals surface area contributed by atoms with Crippen molar-refractivity contribution < 1.29 is 4.79 Å². The predicted octanol–water partition coefficient (Wildman–Crippen LogP) is 5.16. The molecule has 120 valence electrons. The lowest BCUT2D eigenvalue weighted by Gasteiger charge is -2.33. The number of Topliss-reactive ketones (excluding diaryl/α,β-unsaturated/α-hetero) is 1. The van der Waals surface area contributed by atoms with Crippen LogP contribution in [0.5, 0.6) is 0 Å². The standard InChI is InChI=1S/C19H19Cl2NO/c1-3-19(23)13-6-4-12(5-7-13)16-10-22(2)11-17-15(16)8-14(20)9-18(17)21/h4-9,16H,3,10-11H2,1-2H3. The van der Waals surface area contributed by atoms with Crippen LogP contribution in [-0.2, 0) is 6.54 Å². The van der Waals surface area contributed by atoms with E-state index >= 15 is 0 Å². The Hall–Kier alpha value is -1.35. The number of rotatable bonds is 3. The maximum Gasteiger partial charge on any atom is 0.162 e. The molecule has 0 amide bonds. The highest BCUT2D eigenvalue weighted by Gasteiger charge is 2.27. The largest absolute Gasteiger partial charge is 0.301 e. The summed E-state index contributed by atoms with van der Waals surface area (Å²) in [5, 5.41) is 1.39. The number of hydrogen-bond acceptors (Lipinski definition) is 2. The molecule has 0 N–H and O–H groups in total. The molecular weight excluding hydrogens is 329 g/mol. The molecule has 0 aliphatic carbocycles. The first kappa shape index (κ1) is 16.5. The molecule has 1 aliphatic heterocycles. The Kier molecular flexibility index (Phi) is 4.77. The van der Waals surface area contributed by atoms with E-state index in [1.54, 1.807) is 6.07 Å². The highest BCUT2D eigenvalue weighted by Crippen LogP contribution is 2.38. The third-order valence-corrected chi connectivity index (χ3v) is 5.00. The molecule has 0 spiro atoms. The molecule has 2 aromatic rings. The van der Waals surface area contributed by atoms with E-state index in [-0.39, 0.29) is 11.7 Å². The zero-order valence-electron chi connectivity index (χ0n) is 13.3. The quantitative estimate of drug-likeness (QED) is 0.714. The number of likely N-dealkylation sites (N-methyl/N-ethyl adjacent to an activating group) is 1. The van der Waals surface area contributed by atoms with E-state index in [9.17, 15) is 4.79 Å². The van der Waals surface area contributed by atoms with Gasteiger partial charge in [-0.1, -0.05) is 54.4 Å². The third kappa shape index (κ3) is 3.30. The van der Waals surface area contributed by atoms with Crippen molar-refractivity contribution >= 4 is 29.0 Å². The summed E-state index contributed by atoms with van der Waals surface area (Å²) in [7, 11) is 2.09. The number of carbonyl (C=O) groups excluding carboxylic acids is 1. The summed E-state index contributed by atoms with van der Waals surface area (Å²) in [6, 6.07) is 11.8. The van der Waals surface area contributed by atoms with Gasteiger partial charge in [-0.25, -0.2) is 0 Å². The summed E-state index contributed by atoms with van der Waals surface area (Å²) in [6.07, 6.45) is 0.527. The maximum absolute atomic E-state index is 11.8. The van der Waals surface area contributed by atoms with Crippen LogP contribution >= 0.6 is 23.2 Å². The minimum absolute atomic E-state index is 0.170. The lowest BCUT2D eigenvalue weighted by molar-refractivity contribution is 0.0988. The zero-order valence-corrected chi connectivity index (χ0v) is 14.8. The van der Waals surface area contributed by atoms with Gasteiger partial charge in [-0.05, 0) is 35.9 Å². The molecular formula is C19H19Cl2NO. The van der Waals surface area contributed by atoms with Gasteiger partial charge < -0.3 is 4.90 Å². The van der Waals surface area contributed by atoms with Crippen LogP contribution in [0.3, 0.4) is 0 Å². The molecule has 0 aromatic heterocycles. The molecule has 0 saturated heterocycles. The van der Waals surface area contributed by atoms with Gasteiger partial charge in [-0.3, -0.25) is 4.79 Å². The van der Waals surface area contributed by atoms with Gasteiger partial charge in [-0.2, -0.15) is 0 Å². The average Bonchev–Trinajstić information content (AvgIpc) is 2.54. The van der Waals surface area contributed by atoms with Gasteiger partial charge in [0, 0.05) is 41.0 Å². The first-order chi connectivity index (χ1) is 11.0. The summed E-state index contributed by atoms with van der Waals surface area (Å²) in [4.78, 5) is 14.1. The molecule has 1 aliphatic rings. The number of fused-ring (bicyclic) bond motifs is 1. The first-order valence-corrected chi connectivity index (χ1v) is 8.54. The zero-order chi connectivity index (χ0) is 16.6. The van der Waals surface area contributed by atoms with Crippen molar-refractivity contribution in [1.82, 2.24) is 4.90 Å². The predicted molar refractivity (Wildman–Crippen MR) is 95.7 cm³/mol. The second-order valence-electron chi connectivity index (χ2n) is 6.10. The fourth-order valence-electron chi connectivity index (χ4n) is 3.24. The molecule has 0 radical (unpaired) electrons. The molecule has 0 bridgehead atoms. The summed E-state index contributed by atoms with van der Waals surface area (Å²) < 4.78 is 0. The van der Waals surface area contributed by atoms with Crippen LogP contribution in [0.15, 0.2) is 36.4 Å². The summed E-state index contributed by atoms with van der Waals surface area (Å²) in [6.45, 7) is 3.62. The Morgan fingerprint density at radius 1 is 1.22 bits per heavy atom. The monoisotopic (exact) mass is 347 g/mol. The van der Waals surface area contributed by atoms with Gasteiger partial charge in [0.05, 0.1) is 0 Å². The second-order valence-corrected chi connectivity index (χ2v) is 6.95. The SMILES string of the molecule is CCC(=O)c1ccc(C2CN(C)Cc3c(Cl)cc(Cl)cc32)cc1.